The van der Waals surface area contributed by atoms with Crippen molar-refractivity contribution in [2.24, 2.45) is 5.73 Å². The molecule has 0 bridgehead atoms. The molecule has 0 atom stereocenters. The second kappa shape index (κ2) is 8.60. The van der Waals surface area contributed by atoms with Crippen molar-refractivity contribution in [3.05, 3.63) is 70.8 Å². The topological polar surface area (TPSA) is 35.2 Å². The Morgan fingerprint density at radius 1 is 0.952 bits per heavy atom. The first-order valence-electron chi connectivity index (χ1n) is 7.69. The minimum Gasteiger partial charge on any atom is -0.377 e. The average molecular weight is 283 g/mol. The first-order valence-corrected chi connectivity index (χ1v) is 7.69. The molecule has 0 fully saturated rings. The molecule has 2 heteroatoms. The Balaban J connectivity index is 1.64. The lowest BCUT2D eigenvalue weighted by Crippen LogP contribution is -2.01. The summed E-state index contributed by atoms with van der Waals surface area (Å²) >= 11 is 0. The van der Waals surface area contributed by atoms with Crippen molar-refractivity contribution in [1.29, 1.82) is 0 Å². The molecule has 0 aromatic heterocycles. The van der Waals surface area contributed by atoms with Gasteiger partial charge in [0, 0.05) is 13.2 Å². The molecule has 2 rings (SSSR count). The molecule has 0 saturated carbocycles. The summed E-state index contributed by atoms with van der Waals surface area (Å²) in [6.07, 6.45) is 3.42. The minimum absolute atomic E-state index is 0.599. The second-order valence-electron chi connectivity index (χ2n) is 5.46. The molecule has 112 valence electrons. The van der Waals surface area contributed by atoms with Crippen LogP contribution in [-0.4, -0.2) is 6.61 Å². The van der Waals surface area contributed by atoms with E-state index in [9.17, 15) is 0 Å². The van der Waals surface area contributed by atoms with Gasteiger partial charge in [-0.05, 0) is 48.4 Å². The van der Waals surface area contributed by atoms with Crippen molar-refractivity contribution in [3.8, 4) is 0 Å². The van der Waals surface area contributed by atoms with Gasteiger partial charge in [0.2, 0.25) is 0 Å². The fraction of sp³-hybridized carbons (Fsp3) is 0.368. The lowest BCUT2D eigenvalue weighted by atomic mass is 10.1. The van der Waals surface area contributed by atoms with Gasteiger partial charge in [-0.25, -0.2) is 0 Å². The quantitative estimate of drug-likeness (QED) is 0.743. The minimum atomic E-state index is 0.599. The zero-order valence-corrected chi connectivity index (χ0v) is 12.8. The van der Waals surface area contributed by atoms with Crippen molar-refractivity contribution in [1.82, 2.24) is 0 Å². The molecule has 0 unspecified atom stereocenters. The van der Waals surface area contributed by atoms with E-state index in [1.54, 1.807) is 0 Å². The number of hydrogen-bond donors (Lipinski definition) is 1. The van der Waals surface area contributed by atoms with Crippen molar-refractivity contribution in [3.63, 3.8) is 0 Å². The molecule has 0 heterocycles. The van der Waals surface area contributed by atoms with Gasteiger partial charge in [-0.1, -0.05) is 48.5 Å². The Bertz CT molecular complexity index is 537. The molecular formula is C19H25NO. The van der Waals surface area contributed by atoms with Gasteiger partial charge in [-0.2, -0.15) is 0 Å². The van der Waals surface area contributed by atoms with E-state index < -0.39 is 0 Å². The maximum atomic E-state index is 5.78. The SMILES string of the molecule is Cc1cc(CN)ccc1COCCCCc1ccccc1. The molecule has 0 aliphatic carbocycles. The zero-order chi connectivity index (χ0) is 14.9. The summed E-state index contributed by atoms with van der Waals surface area (Å²) in [4.78, 5) is 0. The summed E-state index contributed by atoms with van der Waals surface area (Å²) in [5.74, 6) is 0. The number of unbranched alkanes of at least 4 members (excludes halogenated alkanes) is 1. The number of ether oxygens (including phenoxy) is 1. The molecule has 2 aromatic rings. The second-order valence-corrected chi connectivity index (χ2v) is 5.46. The standard InChI is InChI=1S/C19H25NO/c1-16-13-18(14-20)10-11-19(16)15-21-12-6-5-9-17-7-3-2-4-8-17/h2-4,7-8,10-11,13H,5-6,9,12,14-15,20H2,1H3. The fourth-order valence-corrected chi connectivity index (χ4v) is 2.41. The van der Waals surface area contributed by atoms with Crippen LogP contribution in [0.2, 0.25) is 0 Å². The highest BCUT2D eigenvalue weighted by Crippen LogP contribution is 2.12. The van der Waals surface area contributed by atoms with E-state index in [0.29, 0.717) is 13.2 Å². The van der Waals surface area contributed by atoms with E-state index in [-0.39, 0.29) is 0 Å². The molecule has 0 spiro atoms. The molecule has 0 aliphatic rings. The lowest BCUT2D eigenvalue weighted by molar-refractivity contribution is 0.117. The summed E-state index contributed by atoms with van der Waals surface area (Å²) in [5, 5.41) is 0. The van der Waals surface area contributed by atoms with Crippen molar-refractivity contribution in [2.75, 3.05) is 6.61 Å². The Labute approximate surface area is 127 Å². The van der Waals surface area contributed by atoms with E-state index >= 15 is 0 Å². The van der Waals surface area contributed by atoms with Gasteiger partial charge in [-0.3, -0.25) is 0 Å². The van der Waals surface area contributed by atoms with E-state index in [1.165, 1.54) is 28.7 Å². The van der Waals surface area contributed by atoms with Crippen LogP contribution in [0.1, 0.15) is 35.1 Å². The van der Waals surface area contributed by atoms with Crippen molar-refractivity contribution < 1.29 is 4.74 Å². The Kier molecular flexibility index (Phi) is 6.45. The third-order valence-electron chi connectivity index (χ3n) is 3.75. The fourth-order valence-electron chi connectivity index (χ4n) is 2.41. The summed E-state index contributed by atoms with van der Waals surface area (Å²) in [7, 11) is 0. The molecule has 2 nitrogen and oxygen atoms in total. The van der Waals surface area contributed by atoms with Gasteiger partial charge >= 0.3 is 0 Å². The van der Waals surface area contributed by atoms with Crippen LogP contribution in [0.4, 0.5) is 0 Å². The van der Waals surface area contributed by atoms with E-state index in [4.69, 9.17) is 10.5 Å². The number of hydrogen-bond acceptors (Lipinski definition) is 2. The van der Waals surface area contributed by atoms with Crippen LogP contribution in [0.25, 0.3) is 0 Å². The number of rotatable bonds is 8. The molecule has 0 radical (unpaired) electrons. The molecule has 0 saturated heterocycles. The van der Waals surface area contributed by atoms with Gasteiger partial charge in [0.05, 0.1) is 6.61 Å². The maximum absolute atomic E-state index is 5.78. The first kappa shape index (κ1) is 15.7. The molecule has 21 heavy (non-hydrogen) atoms. The largest absolute Gasteiger partial charge is 0.377 e. The van der Waals surface area contributed by atoms with Crippen LogP contribution in [0, 0.1) is 6.92 Å². The van der Waals surface area contributed by atoms with Crippen molar-refractivity contribution in [2.45, 2.75) is 39.3 Å². The number of nitrogens with two attached hydrogens (primary N) is 1. The van der Waals surface area contributed by atoms with Crippen LogP contribution in [-0.2, 0) is 24.3 Å². The molecule has 0 amide bonds. The average Bonchev–Trinajstić information content (AvgIpc) is 2.53. The predicted octanol–water partition coefficient (Wildman–Crippen LogP) is 3.99. The lowest BCUT2D eigenvalue weighted by Gasteiger charge is -2.09. The Hall–Kier alpha value is -1.64. The maximum Gasteiger partial charge on any atom is 0.0719 e. The highest BCUT2D eigenvalue weighted by atomic mass is 16.5. The highest BCUT2D eigenvalue weighted by Gasteiger charge is 2.00. The molecule has 2 N–H and O–H groups in total. The van der Waals surface area contributed by atoms with Crippen LogP contribution in [0.15, 0.2) is 48.5 Å². The zero-order valence-electron chi connectivity index (χ0n) is 12.8. The molecule has 0 aliphatic heterocycles. The predicted molar refractivity (Wildman–Crippen MR) is 88.1 cm³/mol. The third kappa shape index (κ3) is 5.33. The van der Waals surface area contributed by atoms with Crippen LogP contribution < -0.4 is 5.73 Å². The van der Waals surface area contributed by atoms with Gasteiger partial charge in [0.25, 0.3) is 0 Å². The monoisotopic (exact) mass is 283 g/mol. The smallest absolute Gasteiger partial charge is 0.0719 e. The van der Waals surface area contributed by atoms with E-state index in [1.807, 2.05) is 0 Å². The molecular weight excluding hydrogens is 258 g/mol. The Morgan fingerprint density at radius 3 is 2.48 bits per heavy atom. The number of benzene rings is 2. The van der Waals surface area contributed by atoms with Gasteiger partial charge in [0.15, 0.2) is 0 Å². The van der Waals surface area contributed by atoms with Gasteiger partial charge in [-0.15, -0.1) is 0 Å². The van der Waals surface area contributed by atoms with Gasteiger partial charge in [0.1, 0.15) is 0 Å². The van der Waals surface area contributed by atoms with Gasteiger partial charge < -0.3 is 10.5 Å². The van der Waals surface area contributed by atoms with E-state index in [0.717, 1.165) is 19.4 Å². The summed E-state index contributed by atoms with van der Waals surface area (Å²) in [6.45, 7) is 4.24. The Morgan fingerprint density at radius 2 is 1.76 bits per heavy atom. The van der Waals surface area contributed by atoms with Crippen LogP contribution in [0.5, 0.6) is 0 Å². The number of aryl methyl sites for hydroxylation is 2. The third-order valence-corrected chi connectivity index (χ3v) is 3.75. The first-order chi connectivity index (χ1) is 10.3. The normalized spacial score (nSPS) is 10.8. The summed E-state index contributed by atoms with van der Waals surface area (Å²) in [6, 6.07) is 17.0. The van der Waals surface area contributed by atoms with Crippen LogP contribution >= 0.6 is 0 Å². The highest BCUT2D eigenvalue weighted by molar-refractivity contribution is 5.30. The van der Waals surface area contributed by atoms with E-state index in [2.05, 4.69) is 55.5 Å². The summed E-state index contributed by atoms with van der Waals surface area (Å²) < 4.78 is 5.78. The molecule has 2 aromatic carbocycles. The summed E-state index contributed by atoms with van der Waals surface area (Å²) in [5.41, 5.74) is 10.8. The van der Waals surface area contributed by atoms with Crippen molar-refractivity contribution >= 4 is 0 Å². The van der Waals surface area contributed by atoms with Crippen LogP contribution in [0.3, 0.4) is 0 Å².